The van der Waals surface area contributed by atoms with E-state index in [4.69, 9.17) is 10.5 Å². The fourth-order valence-electron chi connectivity index (χ4n) is 1.70. The van der Waals surface area contributed by atoms with Crippen molar-refractivity contribution in [2.75, 3.05) is 25.4 Å². The van der Waals surface area contributed by atoms with Gasteiger partial charge < -0.3 is 26.1 Å². The van der Waals surface area contributed by atoms with Crippen LogP contribution in [0.3, 0.4) is 0 Å². The number of aliphatic hydroxyl groups excluding tert-OH is 1. The van der Waals surface area contributed by atoms with Crippen molar-refractivity contribution in [3.05, 3.63) is 23.4 Å². The fourth-order valence-corrected chi connectivity index (χ4v) is 1.70. The highest BCUT2D eigenvalue weighted by Gasteiger charge is 2.11. The van der Waals surface area contributed by atoms with Gasteiger partial charge in [-0.25, -0.2) is 4.98 Å². The molecule has 0 aliphatic heterocycles. The number of rotatable bonds is 6. The van der Waals surface area contributed by atoms with Crippen LogP contribution in [0.2, 0.25) is 0 Å². The molecule has 1 unspecified atom stereocenters. The molecule has 0 amide bonds. The first-order valence-corrected chi connectivity index (χ1v) is 6.29. The second-order valence-electron chi connectivity index (χ2n) is 4.27. The van der Waals surface area contributed by atoms with Crippen LogP contribution in [-0.2, 0) is 0 Å². The van der Waals surface area contributed by atoms with E-state index in [0.29, 0.717) is 22.7 Å². The molecule has 2 rings (SSSR count). The highest BCUT2D eigenvalue weighted by Crippen LogP contribution is 2.17. The van der Waals surface area contributed by atoms with E-state index in [1.165, 1.54) is 6.07 Å². The van der Waals surface area contributed by atoms with E-state index in [0.717, 1.165) is 6.54 Å². The fraction of sp³-hybridized carbons (Fsp3) is 0.417. The molecule has 8 heteroatoms. The Kier molecular flexibility index (Phi) is 4.49. The summed E-state index contributed by atoms with van der Waals surface area (Å²) in [4.78, 5) is 4.35. The Labute approximate surface area is 115 Å². The van der Waals surface area contributed by atoms with Crippen molar-refractivity contribution >= 4 is 17.0 Å². The molecule has 2 aromatic rings. The third-order valence-electron chi connectivity index (χ3n) is 2.65. The Bertz CT molecular complexity index is 593. The Balaban J connectivity index is 2.08. The van der Waals surface area contributed by atoms with Crippen LogP contribution < -0.4 is 20.6 Å². The number of nitrogens with two attached hydrogens (primary N) is 1. The Morgan fingerprint density at radius 1 is 1.55 bits per heavy atom. The van der Waals surface area contributed by atoms with Crippen molar-refractivity contribution in [1.82, 2.24) is 15.4 Å². The van der Waals surface area contributed by atoms with Crippen molar-refractivity contribution in [3.8, 4) is 5.75 Å². The summed E-state index contributed by atoms with van der Waals surface area (Å²) < 4.78 is 5.43. The third kappa shape index (κ3) is 3.43. The predicted molar refractivity (Wildman–Crippen MR) is 73.0 cm³/mol. The minimum Gasteiger partial charge on any atom is -0.594 e. The van der Waals surface area contributed by atoms with Crippen molar-refractivity contribution in [2.24, 2.45) is 0 Å². The largest absolute Gasteiger partial charge is 0.594 e. The summed E-state index contributed by atoms with van der Waals surface area (Å²) in [7, 11) is 0. The maximum Gasteiger partial charge on any atom is 0.288 e. The van der Waals surface area contributed by atoms with Gasteiger partial charge in [-0.1, -0.05) is 6.92 Å². The molecule has 0 bridgehead atoms. The van der Waals surface area contributed by atoms with Gasteiger partial charge in [0, 0.05) is 6.54 Å². The van der Waals surface area contributed by atoms with Crippen molar-refractivity contribution in [2.45, 2.75) is 13.0 Å². The monoisotopic (exact) mass is 279 g/mol. The quantitative estimate of drug-likeness (QED) is 0.467. The lowest BCUT2D eigenvalue weighted by Gasteiger charge is -2.12. The number of hydrogen-bond acceptors (Lipinski definition) is 7. The average molecular weight is 279 g/mol. The topological polar surface area (TPSA) is 120 Å². The molecule has 0 saturated heterocycles. The maximum atomic E-state index is 11.6. The number of likely N-dealkylation sites (N-methyl/N-ethyl adjacent to an activating group) is 1. The molecule has 4 N–H and O–H groups in total. The van der Waals surface area contributed by atoms with Gasteiger partial charge in [-0.2, -0.15) is 0 Å². The van der Waals surface area contributed by atoms with Gasteiger partial charge in [0.05, 0.1) is 11.2 Å². The van der Waals surface area contributed by atoms with Crippen molar-refractivity contribution in [3.63, 3.8) is 0 Å². The molecule has 8 nitrogen and oxygen atoms in total. The van der Waals surface area contributed by atoms with Gasteiger partial charge in [-0.3, -0.25) is 0 Å². The van der Waals surface area contributed by atoms with Gasteiger partial charge in [-0.05, 0) is 23.5 Å². The molecule has 0 saturated carbocycles. The van der Waals surface area contributed by atoms with E-state index in [2.05, 4.69) is 15.4 Å². The lowest BCUT2D eigenvalue weighted by Crippen LogP contribution is -2.33. The van der Waals surface area contributed by atoms with Gasteiger partial charge in [-0.15, -0.1) is 0 Å². The van der Waals surface area contributed by atoms with Crippen LogP contribution in [0.15, 0.2) is 18.2 Å². The number of hydrogen-bond donors (Lipinski definition) is 3. The summed E-state index contributed by atoms with van der Waals surface area (Å²) in [6.07, 6.45) is -0.618. The summed E-state index contributed by atoms with van der Waals surface area (Å²) in [6.45, 7) is 3.32. The van der Waals surface area contributed by atoms with Crippen LogP contribution in [0.4, 0.5) is 5.95 Å². The summed E-state index contributed by atoms with van der Waals surface area (Å²) in [5, 5.41) is 27.8. The molecule has 1 aromatic heterocycles. The first-order valence-electron chi connectivity index (χ1n) is 6.29. The van der Waals surface area contributed by atoms with Crippen LogP contribution in [-0.4, -0.2) is 41.0 Å². The van der Waals surface area contributed by atoms with E-state index in [1.807, 2.05) is 6.92 Å². The lowest BCUT2D eigenvalue weighted by atomic mass is 10.3. The molecule has 0 spiro atoms. The van der Waals surface area contributed by atoms with Gasteiger partial charge in [0.2, 0.25) is 0 Å². The Hall–Kier alpha value is -2.19. The molecule has 1 aromatic carbocycles. The molecule has 0 aliphatic carbocycles. The molecule has 0 fully saturated rings. The first kappa shape index (κ1) is 14.2. The van der Waals surface area contributed by atoms with Gasteiger partial charge in [0.15, 0.2) is 0 Å². The van der Waals surface area contributed by atoms with Gasteiger partial charge in [0.25, 0.3) is 11.5 Å². The third-order valence-corrected chi connectivity index (χ3v) is 2.65. The van der Waals surface area contributed by atoms with E-state index in [9.17, 15) is 10.3 Å². The summed E-state index contributed by atoms with van der Waals surface area (Å²) >= 11 is 0. The second kappa shape index (κ2) is 6.31. The number of nitrogens with zero attached hydrogens (tertiary/aromatic N) is 3. The molecule has 20 heavy (non-hydrogen) atoms. The molecule has 1 heterocycles. The lowest BCUT2D eigenvalue weighted by molar-refractivity contribution is -0.641. The zero-order valence-corrected chi connectivity index (χ0v) is 11.1. The molecular weight excluding hydrogens is 262 g/mol. The van der Waals surface area contributed by atoms with Gasteiger partial charge in [0.1, 0.15) is 24.0 Å². The van der Waals surface area contributed by atoms with Crippen LogP contribution >= 0.6 is 0 Å². The van der Waals surface area contributed by atoms with Crippen LogP contribution in [0, 0.1) is 5.21 Å². The van der Waals surface area contributed by atoms with Crippen LogP contribution in [0.5, 0.6) is 5.75 Å². The van der Waals surface area contributed by atoms with Crippen molar-refractivity contribution < 1.29 is 14.7 Å². The number of fused-ring (bicyclic) bond motifs is 1. The zero-order chi connectivity index (χ0) is 14.5. The zero-order valence-electron chi connectivity index (χ0n) is 11.1. The SMILES string of the molecule is CCNCC(O)COc1ccc2nc(N)n[n+]([O-])c2c1. The number of nitrogen functional groups attached to an aromatic ring is 1. The van der Waals surface area contributed by atoms with Crippen molar-refractivity contribution in [1.29, 1.82) is 0 Å². The minimum atomic E-state index is -0.618. The molecular formula is C12H17N5O3. The standard InChI is InChI=1S/C12H17N5O3/c1-2-14-6-8(18)7-20-9-3-4-10-11(5-9)17(19)16-12(13)15-10/h3-5,8,14,18H,2,6-7H2,1H3,(H2,13,15,16). The molecule has 1 atom stereocenters. The Morgan fingerprint density at radius 3 is 3.10 bits per heavy atom. The van der Waals surface area contributed by atoms with E-state index >= 15 is 0 Å². The highest BCUT2D eigenvalue weighted by molar-refractivity contribution is 5.73. The average Bonchev–Trinajstić information content (AvgIpc) is 2.43. The number of ether oxygens (including phenoxy) is 1. The number of aliphatic hydroxyl groups is 1. The summed E-state index contributed by atoms with van der Waals surface area (Å²) in [5.41, 5.74) is 6.09. The smallest absolute Gasteiger partial charge is 0.288 e. The number of benzene rings is 1. The van der Waals surface area contributed by atoms with Crippen LogP contribution in [0.1, 0.15) is 6.92 Å². The molecule has 108 valence electrons. The normalized spacial score (nSPS) is 12.5. The number of anilines is 1. The van der Waals surface area contributed by atoms with Crippen LogP contribution in [0.25, 0.3) is 11.0 Å². The second-order valence-corrected chi connectivity index (χ2v) is 4.27. The number of aromatic nitrogens is 3. The minimum absolute atomic E-state index is 0.0813. The summed E-state index contributed by atoms with van der Waals surface area (Å²) in [5.74, 6) is 0.383. The molecule has 0 radical (unpaired) electrons. The maximum absolute atomic E-state index is 11.6. The highest BCUT2D eigenvalue weighted by atomic mass is 16.5. The van der Waals surface area contributed by atoms with E-state index in [1.54, 1.807) is 12.1 Å². The van der Waals surface area contributed by atoms with E-state index < -0.39 is 6.10 Å². The Morgan fingerprint density at radius 2 is 2.35 bits per heavy atom. The summed E-state index contributed by atoms with van der Waals surface area (Å²) in [6, 6.07) is 4.80. The molecule has 0 aliphatic rings. The van der Waals surface area contributed by atoms with Gasteiger partial charge >= 0.3 is 0 Å². The first-order chi connectivity index (χ1) is 9.60. The predicted octanol–water partition coefficient (Wildman–Crippen LogP) is -0.805. The number of nitrogens with one attached hydrogen (secondary N) is 1. The van der Waals surface area contributed by atoms with E-state index in [-0.39, 0.29) is 18.1 Å².